The molecule has 0 saturated carbocycles. The van der Waals surface area contributed by atoms with Crippen molar-refractivity contribution in [3.8, 4) is 0 Å². The second-order valence-corrected chi connectivity index (χ2v) is 14.9. The minimum atomic E-state index is 0.0812. The summed E-state index contributed by atoms with van der Waals surface area (Å²) in [5, 5.41) is 12.8. The maximum absolute atomic E-state index is 4.67. The van der Waals surface area contributed by atoms with Crippen molar-refractivity contribution < 1.29 is 0 Å². The van der Waals surface area contributed by atoms with Crippen molar-refractivity contribution in [3.63, 3.8) is 0 Å². The van der Waals surface area contributed by atoms with Crippen molar-refractivity contribution in [2.45, 2.75) is 219 Å². The molecule has 0 bridgehead atoms. The van der Waals surface area contributed by atoms with Gasteiger partial charge in [0.1, 0.15) is 0 Å². The summed E-state index contributed by atoms with van der Waals surface area (Å²) in [7, 11) is 2.06. The number of allylic oxidation sites excluding steroid dienone is 8. The van der Waals surface area contributed by atoms with Crippen LogP contribution in [0.1, 0.15) is 213 Å². The summed E-state index contributed by atoms with van der Waals surface area (Å²) >= 11 is 0. The van der Waals surface area contributed by atoms with Gasteiger partial charge in [0.15, 0.2) is 0 Å². The Hall–Kier alpha value is -1.94. The third kappa shape index (κ3) is 26.5. The van der Waals surface area contributed by atoms with E-state index in [1.807, 2.05) is 0 Å². The first-order chi connectivity index (χ1) is 24.1. The van der Waals surface area contributed by atoms with Gasteiger partial charge in [-0.3, -0.25) is 0 Å². The molecule has 0 saturated heterocycles. The van der Waals surface area contributed by atoms with Crippen molar-refractivity contribution in [2.24, 2.45) is 0 Å². The number of unbranched alkanes of at least 4 members (excludes halogenated alkanes) is 18. The van der Waals surface area contributed by atoms with Gasteiger partial charge in [-0.1, -0.05) is 164 Å². The highest BCUT2D eigenvalue weighted by atomic mass is 15.4. The molecule has 1 atom stereocenters. The van der Waals surface area contributed by atoms with Crippen molar-refractivity contribution in [1.82, 2.24) is 20.3 Å². The van der Waals surface area contributed by atoms with Gasteiger partial charge in [-0.15, -0.1) is 5.10 Å². The zero-order valence-corrected chi connectivity index (χ0v) is 33.4. The lowest BCUT2D eigenvalue weighted by molar-refractivity contribution is 0.359. The normalized spacial score (nSPS) is 13.8. The largest absolute Gasteiger partial charge is 0.314 e. The first-order valence-electron chi connectivity index (χ1n) is 21.3. The molecular weight excluding hydrogens is 597 g/mol. The first-order valence-corrected chi connectivity index (χ1v) is 21.3. The third-order valence-electron chi connectivity index (χ3n) is 10.4. The molecule has 0 aromatic carbocycles. The molecule has 4 heteroatoms. The minimum Gasteiger partial charge on any atom is -0.314 e. The van der Waals surface area contributed by atoms with E-state index in [-0.39, 0.29) is 5.54 Å². The molecule has 0 radical (unpaired) electrons. The molecule has 282 valence electrons. The SMILES string of the molecule is CCCCC/C=C\C/C=C\CCCCCCCCC(CCCCCCCC/C=C\C/C=C\CCCCC)n1cc(CC(C)(CC)NC)nn1. The van der Waals surface area contributed by atoms with Gasteiger partial charge in [-0.2, -0.15) is 0 Å². The molecule has 0 aliphatic heterocycles. The topological polar surface area (TPSA) is 42.7 Å². The quantitative estimate of drug-likeness (QED) is 0.0574. The van der Waals surface area contributed by atoms with Gasteiger partial charge in [-0.05, 0) is 97.4 Å². The van der Waals surface area contributed by atoms with E-state index in [1.54, 1.807) is 0 Å². The first kappa shape index (κ1) is 45.1. The van der Waals surface area contributed by atoms with E-state index in [0.717, 1.165) is 31.4 Å². The van der Waals surface area contributed by atoms with Gasteiger partial charge in [-0.25, -0.2) is 4.68 Å². The Bertz CT molecular complexity index is 903. The number of nitrogens with zero attached hydrogens (tertiary/aromatic N) is 3. The molecule has 1 unspecified atom stereocenters. The second-order valence-electron chi connectivity index (χ2n) is 14.9. The molecule has 1 aromatic rings. The Morgan fingerprint density at radius 3 is 1.41 bits per heavy atom. The van der Waals surface area contributed by atoms with Crippen LogP contribution in [0, 0.1) is 0 Å². The molecule has 0 amide bonds. The molecule has 1 aromatic heterocycles. The summed E-state index contributed by atoms with van der Waals surface area (Å²) < 4.78 is 2.22. The van der Waals surface area contributed by atoms with E-state index in [4.69, 9.17) is 0 Å². The molecule has 49 heavy (non-hydrogen) atoms. The van der Waals surface area contributed by atoms with E-state index in [1.165, 1.54) is 154 Å². The Balaban J connectivity index is 2.31. The standard InChI is InChI=1S/C45H82N4/c1-6-9-11-13-15-17-19-21-23-25-27-29-31-33-35-37-39-44(49-42-43(47-48-49)41-45(4,8-3)46-5)40-38-36-34-32-30-28-26-24-22-20-18-16-14-12-10-7-2/h15-18,21-24,42,44,46H,6-14,19-20,25-41H2,1-5H3/b17-15-,18-16-,23-21-,24-22-. The van der Waals surface area contributed by atoms with Crippen LogP contribution in [0.3, 0.4) is 0 Å². The van der Waals surface area contributed by atoms with Gasteiger partial charge in [0.2, 0.25) is 0 Å². The molecule has 0 aliphatic rings. The second kappa shape index (κ2) is 33.2. The molecule has 4 nitrogen and oxygen atoms in total. The minimum absolute atomic E-state index is 0.0812. The number of likely N-dealkylation sites (N-methyl/N-ethyl adjacent to an activating group) is 1. The van der Waals surface area contributed by atoms with Crippen molar-refractivity contribution in [1.29, 1.82) is 0 Å². The van der Waals surface area contributed by atoms with E-state index in [0.29, 0.717) is 6.04 Å². The smallest absolute Gasteiger partial charge is 0.0845 e. The average molecular weight is 679 g/mol. The number of nitrogens with one attached hydrogen (secondary N) is 1. The Kier molecular flexibility index (Phi) is 30.6. The van der Waals surface area contributed by atoms with Crippen LogP contribution in [0.5, 0.6) is 0 Å². The molecule has 1 heterocycles. The van der Waals surface area contributed by atoms with Crippen LogP contribution in [0.25, 0.3) is 0 Å². The Morgan fingerprint density at radius 1 is 0.592 bits per heavy atom. The highest BCUT2D eigenvalue weighted by Crippen LogP contribution is 2.24. The highest BCUT2D eigenvalue weighted by Gasteiger charge is 2.22. The van der Waals surface area contributed by atoms with E-state index in [2.05, 4.69) is 110 Å². The predicted octanol–water partition coefficient (Wildman–Crippen LogP) is 14.2. The van der Waals surface area contributed by atoms with Crippen LogP contribution in [-0.2, 0) is 6.42 Å². The van der Waals surface area contributed by atoms with E-state index < -0.39 is 0 Å². The van der Waals surface area contributed by atoms with E-state index in [9.17, 15) is 0 Å². The third-order valence-corrected chi connectivity index (χ3v) is 10.4. The summed E-state index contributed by atoms with van der Waals surface area (Å²) in [5.41, 5.74) is 1.20. The Labute approximate surface area is 306 Å². The fourth-order valence-corrected chi connectivity index (χ4v) is 6.51. The van der Waals surface area contributed by atoms with Crippen LogP contribution in [0.2, 0.25) is 0 Å². The molecule has 1 N–H and O–H groups in total. The molecule has 0 spiro atoms. The fourth-order valence-electron chi connectivity index (χ4n) is 6.51. The van der Waals surface area contributed by atoms with Gasteiger partial charge in [0.25, 0.3) is 0 Å². The predicted molar refractivity (Wildman–Crippen MR) is 218 cm³/mol. The summed E-state index contributed by atoms with van der Waals surface area (Å²) in [5.74, 6) is 0. The average Bonchev–Trinajstić information content (AvgIpc) is 3.58. The maximum Gasteiger partial charge on any atom is 0.0845 e. The zero-order valence-electron chi connectivity index (χ0n) is 33.4. The molecule has 0 fully saturated rings. The van der Waals surface area contributed by atoms with Crippen molar-refractivity contribution in [3.05, 3.63) is 60.5 Å². The monoisotopic (exact) mass is 679 g/mol. The summed E-state index contributed by atoms with van der Waals surface area (Å²) in [6, 6.07) is 0.486. The van der Waals surface area contributed by atoms with Gasteiger partial charge in [0.05, 0.1) is 11.7 Å². The summed E-state index contributed by atoms with van der Waals surface area (Å²) in [6.45, 7) is 9.08. The number of hydrogen-bond acceptors (Lipinski definition) is 3. The molecular formula is C45H82N4. The van der Waals surface area contributed by atoms with E-state index >= 15 is 0 Å². The van der Waals surface area contributed by atoms with Crippen LogP contribution in [0.4, 0.5) is 0 Å². The van der Waals surface area contributed by atoms with Crippen molar-refractivity contribution >= 4 is 0 Å². The summed E-state index contributed by atoms with van der Waals surface area (Å²) in [4.78, 5) is 0. The number of hydrogen-bond donors (Lipinski definition) is 1. The van der Waals surface area contributed by atoms with Crippen LogP contribution < -0.4 is 5.32 Å². The van der Waals surface area contributed by atoms with Crippen LogP contribution in [0.15, 0.2) is 54.8 Å². The lowest BCUT2D eigenvalue weighted by Crippen LogP contribution is -2.41. The Morgan fingerprint density at radius 2 is 1.00 bits per heavy atom. The summed E-state index contributed by atoms with van der Waals surface area (Å²) in [6.07, 6.45) is 56.9. The fraction of sp³-hybridized carbons (Fsp3) is 0.778. The lowest BCUT2D eigenvalue weighted by atomic mass is 9.93. The van der Waals surface area contributed by atoms with Gasteiger partial charge in [0, 0.05) is 18.2 Å². The number of rotatable bonds is 35. The highest BCUT2D eigenvalue weighted by molar-refractivity contribution is 5.01. The van der Waals surface area contributed by atoms with Crippen molar-refractivity contribution in [2.75, 3.05) is 7.05 Å². The molecule has 0 aliphatic carbocycles. The lowest BCUT2D eigenvalue weighted by Gasteiger charge is -2.26. The maximum atomic E-state index is 4.67. The molecule has 1 rings (SSSR count). The number of aromatic nitrogens is 3. The van der Waals surface area contributed by atoms with Gasteiger partial charge >= 0.3 is 0 Å². The van der Waals surface area contributed by atoms with Crippen LogP contribution in [-0.4, -0.2) is 27.6 Å². The van der Waals surface area contributed by atoms with Crippen LogP contribution >= 0.6 is 0 Å². The zero-order chi connectivity index (χ0) is 35.5. The van der Waals surface area contributed by atoms with Gasteiger partial charge < -0.3 is 5.32 Å².